The Bertz CT molecular complexity index is 500. The van der Waals surface area contributed by atoms with Gasteiger partial charge in [0.05, 0.1) is 12.1 Å². The van der Waals surface area contributed by atoms with Gasteiger partial charge in [-0.2, -0.15) is 0 Å². The number of Topliss-reactive ketones (excluding diaryl/α,β-unsaturated/α-hetero) is 1. The summed E-state index contributed by atoms with van der Waals surface area (Å²) in [5.41, 5.74) is 1.10. The van der Waals surface area contributed by atoms with E-state index in [4.69, 9.17) is 0 Å². The summed E-state index contributed by atoms with van der Waals surface area (Å²) in [7, 11) is 0. The molecule has 0 saturated heterocycles. The molecule has 0 aromatic carbocycles. The summed E-state index contributed by atoms with van der Waals surface area (Å²) in [6.07, 6.45) is 7.38. The van der Waals surface area contributed by atoms with Gasteiger partial charge in [0.1, 0.15) is 10.8 Å². The minimum Gasteiger partial charge on any atom is -0.299 e. The van der Waals surface area contributed by atoms with Crippen LogP contribution < -0.4 is 0 Å². The van der Waals surface area contributed by atoms with E-state index in [1.54, 1.807) is 11.3 Å². The lowest BCUT2D eigenvalue weighted by molar-refractivity contribution is -0.135. The fourth-order valence-electron chi connectivity index (χ4n) is 5.33. The smallest absolute Gasteiger partial charge is 0.143 e. The summed E-state index contributed by atoms with van der Waals surface area (Å²) < 4.78 is 0. The number of aromatic nitrogens is 1. The molecule has 0 radical (unpaired) electrons. The van der Waals surface area contributed by atoms with Gasteiger partial charge in [0, 0.05) is 10.8 Å². The zero-order valence-electron chi connectivity index (χ0n) is 12.4. The summed E-state index contributed by atoms with van der Waals surface area (Å²) in [5, 5.41) is 1.04. The normalized spacial score (nSPS) is 38.4. The predicted molar refractivity (Wildman–Crippen MR) is 80.8 cm³/mol. The number of hydrogen-bond donors (Lipinski definition) is 0. The third-order valence-electron chi connectivity index (χ3n) is 6.00. The minimum absolute atomic E-state index is 0.368. The van der Waals surface area contributed by atoms with Crippen LogP contribution in [0.3, 0.4) is 0 Å². The SMILES string of the molecule is Cc1nc(CC(=O)C2C3CC4CC(C3)CC2C4)sc1C. The van der Waals surface area contributed by atoms with Crippen LogP contribution in [-0.2, 0) is 11.2 Å². The largest absolute Gasteiger partial charge is 0.299 e. The highest BCUT2D eigenvalue weighted by Crippen LogP contribution is 2.56. The number of ketones is 1. The molecule has 4 aliphatic rings. The average molecular weight is 289 g/mol. The second-order valence-electron chi connectivity index (χ2n) is 7.35. The van der Waals surface area contributed by atoms with Crippen molar-refractivity contribution in [2.24, 2.45) is 29.6 Å². The topological polar surface area (TPSA) is 30.0 Å². The first-order valence-corrected chi connectivity index (χ1v) is 8.87. The van der Waals surface area contributed by atoms with E-state index in [-0.39, 0.29) is 0 Å². The summed E-state index contributed by atoms with van der Waals surface area (Å²) in [6.45, 7) is 4.15. The maximum Gasteiger partial charge on any atom is 0.143 e. The first-order chi connectivity index (χ1) is 9.60. The molecule has 4 fully saturated rings. The summed E-state index contributed by atoms with van der Waals surface area (Å²) in [4.78, 5) is 18.6. The van der Waals surface area contributed by atoms with Gasteiger partial charge < -0.3 is 0 Å². The third kappa shape index (κ3) is 2.05. The van der Waals surface area contributed by atoms with E-state index in [1.807, 2.05) is 6.92 Å². The molecule has 1 aromatic rings. The number of carbonyl (C=O) groups is 1. The van der Waals surface area contributed by atoms with E-state index in [1.165, 1.54) is 37.0 Å². The number of thiazole rings is 1. The van der Waals surface area contributed by atoms with Crippen molar-refractivity contribution in [3.63, 3.8) is 0 Å². The molecule has 3 heteroatoms. The van der Waals surface area contributed by atoms with Crippen molar-refractivity contribution in [3.05, 3.63) is 15.6 Å². The Morgan fingerprint density at radius 2 is 1.70 bits per heavy atom. The van der Waals surface area contributed by atoms with Crippen LogP contribution in [0, 0.1) is 43.4 Å². The highest BCUT2D eigenvalue weighted by molar-refractivity contribution is 7.11. The first-order valence-electron chi connectivity index (χ1n) is 8.05. The molecule has 108 valence electrons. The van der Waals surface area contributed by atoms with Crippen LogP contribution in [0.25, 0.3) is 0 Å². The quantitative estimate of drug-likeness (QED) is 0.843. The molecular weight excluding hydrogens is 266 g/mol. The van der Waals surface area contributed by atoms with E-state index in [9.17, 15) is 4.79 Å². The Labute approximate surface area is 125 Å². The summed E-state index contributed by atoms with van der Waals surface area (Å²) in [5.74, 6) is 4.18. The zero-order valence-corrected chi connectivity index (χ0v) is 13.2. The first kappa shape index (κ1) is 13.0. The second kappa shape index (κ2) is 4.66. The molecule has 1 aromatic heterocycles. The van der Waals surface area contributed by atoms with E-state index >= 15 is 0 Å². The standard InChI is InChI=1S/C17H23NOS/c1-9-10(2)20-16(18-9)8-15(19)17-13-4-11-3-12(6-13)7-14(17)5-11/h11-14,17H,3-8H2,1-2H3. The molecule has 0 amide bonds. The molecular formula is C17H23NOS. The lowest BCUT2D eigenvalue weighted by Crippen LogP contribution is -2.48. The van der Waals surface area contributed by atoms with Crippen LogP contribution in [-0.4, -0.2) is 10.8 Å². The Kier molecular flexibility index (Phi) is 3.03. The average Bonchev–Trinajstić information content (AvgIpc) is 2.66. The van der Waals surface area contributed by atoms with Crippen molar-refractivity contribution < 1.29 is 4.79 Å². The minimum atomic E-state index is 0.368. The van der Waals surface area contributed by atoms with Gasteiger partial charge in [-0.25, -0.2) is 4.98 Å². The van der Waals surface area contributed by atoms with Crippen molar-refractivity contribution in [1.82, 2.24) is 4.98 Å². The van der Waals surface area contributed by atoms with Gasteiger partial charge in [0.15, 0.2) is 0 Å². The fraction of sp³-hybridized carbons (Fsp3) is 0.765. The molecule has 0 unspecified atom stereocenters. The number of nitrogens with zero attached hydrogens (tertiary/aromatic N) is 1. The van der Waals surface area contributed by atoms with Gasteiger partial charge >= 0.3 is 0 Å². The lowest BCUT2D eigenvalue weighted by Gasteiger charge is -2.53. The van der Waals surface area contributed by atoms with Crippen LogP contribution in [0.5, 0.6) is 0 Å². The second-order valence-corrected chi connectivity index (χ2v) is 8.64. The maximum atomic E-state index is 12.8. The highest BCUT2D eigenvalue weighted by Gasteiger charge is 2.50. The number of aryl methyl sites for hydroxylation is 2. The van der Waals surface area contributed by atoms with Gasteiger partial charge in [-0.05, 0) is 69.6 Å². The molecule has 0 spiro atoms. The van der Waals surface area contributed by atoms with Crippen LogP contribution in [0.1, 0.15) is 47.7 Å². The fourth-order valence-corrected chi connectivity index (χ4v) is 6.28. The van der Waals surface area contributed by atoms with E-state index in [0.717, 1.165) is 22.5 Å². The van der Waals surface area contributed by atoms with E-state index < -0.39 is 0 Å². The Morgan fingerprint density at radius 1 is 1.10 bits per heavy atom. The van der Waals surface area contributed by atoms with Gasteiger partial charge in [-0.15, -0.1) is 11.3 Å². The van der Waals surface area contributed by atoms with Crippen molar-refractivity contribution in [3.8, 4) is 0 Å². The van der Waals surface area contributed by atoms with Gasteiger partial charge in [0.25, 0.3) is 0 Å². The number of hydrogen-bond acceptors (Lipinski definition) is 3. The van der Waals surface area contributed by atoms with Crippen molar-refractivity contribution >= 4 is 17.1 Å². The van der Waals surface area contributed by atoms with Gasteiger partial charge in [0.2, 0.25) is 0 Å². The molecule has 1 heterocycles. The maximum absolute atomic E-state index is 12.8. The Balaban J connectivity index is 1.51. The third-order valence-corrected chi connectivity index (χ3v) is 7.07. The molecule has 5 rings (SSSR count). The molecule has 2 nitrogen and oxygen atoms in total. The van der Waals surface area contributed by atoms with Crippen LogP contribution in [0.15, 0.2) is 0 Å². The molecule has 0 N–H and O–H groups in total. The van der Waals surface area contributed by atoms with Crippen molar-refractivity contribution in [2.45, 2.75) is 52.4 Å². The molecule has 20 heavy (non-hydrogen) atoms. The van der Waals surface area contributed by atoms with E-state index in [2.05, 4.69) is 11.9 Å². The van der Waals surface area contributed by atoms with Crippen LogP contribution in [0.4, 0.5) is 0 Å². The Morgan fingerprint density at radius 3 is 2.20 bits per heavy atom. The summed E-state index contributed by atoms with van der Waals surface area (Å²) in [6, 6.07) is 0. The Hall–Kier alpha value is -0.700. The highest BCUT2D eigenvalue weighted by atomic mass is 32.1. The van der Waals surface area contributed by atoms with Crippen molar-refractivity contribution in [1.29, 1.82) is 0 Å². The predicted octanol–water partition coefficient (Wildman–Crippen LogP) is 3.94. The summed E-state index contributed by atoms with van der Waals surface area (Å²) >= 11 is 1.71. The molecule has 4 bridgehead atoms. The van der Waals surface area contributed by atoms with E-state index in [0.29, 0.717) is 30.0 Å². The van der Waals surface area contributed by atoms with Crippen molar-refractivity contribution in [2.75, 3.05) is 0 Å². The van der Waals surface area contributed by atoms with Gasteiger partial charge in [-0.1, -0.05) is 0 Å². The number of rotatable bonds is 3. The lowest BCUT2D eigenvalue weighted by atomic mass is 9.51. The number of carbonyl (C=O) groups excluding carboxylic acids is 1. The molecule has 0 aliphatic heterocycles. The molecule has 4 aliphatic carbocycles. The van der Waals surface area contributed by atoms with Gasteiger partial charge in [-0.3, -0.25) is 4.79 Å². The molecule has 0 atom stereocenters. The van der Waals surface area contributed by atoms with Crippen LogP contribution >= 0.6 is 11.3 Å². The molecule has 4 saturated carbocycles. The zero-order chi connectivity index (χ0) is 13.9. The van der Waals surface area contributed by atoms with Crippen LogP contribution in [0.2, 0.25) is 0 Å². The monoisotopic (exact) mass is 289 g/mol.